The van der Waals surface area contributed by atoms with Crippen molar-refractivity contribution in [3.05, 3.63) is 17.7 Å². The van der Waals surface area contributed by atoms with Crippen LogP contribution in [0, 0.1) is 0 Å². The van der Waals surface area contributed by atoms with Gasteiger partial charge >= 0.3 is 0 Å². The third-order valence-electron chi connectivity index (χ3n) is 3.45. The summed E-state index contributed by atoms with van der Waals surface area (Å²) in [6, 6.07) is 3.46. The van der Waals surface area contributed by atoms with Crippen LogP contribution in [0.5, 0.6) is 17.2 Å². The quantitative estimate of drug-likeness (QED) is 0.771. The smallest absolute Gasteiger partial charge is 0.254 e. The van der Waals surface area contributed by atoms with Crippen LogP contribution < -0.4 is 14.2 Å². The van der Waals surface area contributed by atoms with Crippen molar-refractivity contribution in [2.75, 3.05) is 46.1 Å². The summed E-state index contributed by atoms with van der Waals surface area (Å²) in [7, 11) is 0. The molecule has 0 aliphatic carbocycles. The third-order valence-corrected chi connectivity index (χ3v) is 3.45. The van der Waals surface area contributed by atoms with Gasteiger partial charge in [0.1, 0.15) is 0 Å². The molecule has 0 N–H and O–H groups in total. The Kier molecular flexibility index (Phi) is 6.52. The molecule has 0 aromatic heterocycles. The maximum atomic E-state index is 12.7. The molecule has 1 fully saturated rings. The molecule has 0 unspecified atom stereocenters. The van der Waals surface area contributed by atoms with Gasteiger partial charge in [0.05, 0.1) is 33.0 Å². The number of morpholine rings is 1. The highest BCUT2D eigenvalue weighted by Crippen LogP contribution is 2.39. The number of ether oxygens (including phenoxy) is 4. The van der Waals surface area contributed by atoms with E-state index in [1.54, 1.807) is 17.0 Å². The van der Waals surface area contributed by atoms with Crippen LogP contribution in [-0.2, 0) is 4.74 Å². The van der Waals surface area contributed by atoms with Gasteiger partial charge in [0.2, 0.25) is 5.75 Å². The van der Waals surface area contributed by atoms with Crippen molar-refractivity contribution in [3.63, 3.8) is 0 Å². The number of carbonyl (C=O) groups is 1. The zero-order valence-electron chi connectivity index (χ0n) is 14.1. The van der Waals surface area contributed by atoms with E-state index in [0.29, 0.717) is 68.9 Å². The fourth-order valence-corrected chi connectivity index (χ4v) is 2.46. The molecule has 1 aliphatic heterocycles. The zero-order chi connectivity index (χ0) is 16.7. The van der Waals surface area contributed by atoms with Crippen molar-refractivity contribution in [2.45, 2.75) is 20.8 Å². The Hall–Kier alpha value is -1.95. The van der Waals surface area contributed by atoms with Gasteiger partial charge < -0.3 is 23.8 Å². The molecule has 1 amide bonds. The van der Waals surface area contributed by atoms with E-state index >= 15 is 0 Å². The number of benzene rings is 1. The van der Waals surface area contributed by atoms with E-state index in [-0.39, 0.29) is 5.91 Å². The van der Waals surface area contributed by atoms with E-state index in [0.717, 1.165) is 0 Å². The first-order valence-corrected chi connectivity index (χ1v) is 8.14. The second kappa shape index (κ2) is 8.62. The Labute approximate surface area is 137 Å². The molecule has 1 saturated heterocycles. The molecular weight excluding hydrogens is 298 g/mol. The second-order valence-corrected chi connectivity index (χ2v) is 5.01. The monoisotopic (exact) mass is 323 g/mol. The summed E-state index contributed by atoms with van der Waals surface area (Å²) in [4.78, 5) is 14.5. The van der Waals surface area contributed by atoms with Crippen molar-refractivity contribution in [3.8, 4) is 17.2 Å². The minimum atomic E-state index is -0.0433. The minimum absolute atomic E-state index is 0.0433. The Morgan fingerprint density at radius 2 is 1.52 bits per heavy atom. The zero-order valence-corrected chi connectivity index (χ0v) is 14.1. The lowest BCUT2D eigenvalue weighted by atomic mass is 10.1. The summed E-state index contributed by atoms with van der Waals surface area (Å²) < 4.78 is 22.3. The molecule has 1 aliphatic rings. The van der Waals surface area contributed by atoms with Crippen LogP contribution in [0.1, 0.15) is 31.1 Å². The van der Waals surface area contributed by atoms with Crippen molar-refractivity contribution < 1.29 is 23.7 Å². The van der Waals surface area contributed by atoms with E-state index in [9.17, 15) is 4.79 Å². The fourth-order valence-electron chi connectivity index (χ4n) is 2.46. The topological polar surface area (TPSA) is 57.2 Å². The van der Waals surface area contributed by atoms with Gasteiger partial charge in [-0.3, -0.25) is 4.79 Å². The predicted molar refractivity (Wildman–Crippen MR) is 86.7 cm³/mol. The lowest BCUT2D eigenvalue weighted by molar-refractivity contribution is 0.0302. The van der Waals surface area contributed by atoms with Gasteiger partial charge in [-0.2, -0.15) is 0 Å². The summed E-state index contributed by atoms with van der Waals surface area (Å²) in [5.41, 5.74) is 0.544. The number of hydrogen-bond acceptors (Lipinski definition) is 5. The normalized spacial score (nSPS) is 14.5. The van der Waals surface area contributed by atoms with Crippen LogP contribution in [-0.4, -0.2) is 56.9 Å². The van der Waals surface area contributed by atoms with E-state index in [1.807, 2.05) is 20.8 Å². The van der Waals surface area contributed by atoms with Crippen molar-refractivity contribution >= 4 is 5.91 Å². The maximum Gasteiger partial charge on any atom is 0.254 e. The van der Waals surface area contributed by atoms with Gasteiger partial charge in [-0.15, -0.1) is 0 Å². The molecule has 1 aromatic rings. The van der Waals surface area contributed by atoms with Crippen LogP contribution in [0.3, 0.4) is 0 Å². The second-order valence-electron chi connectivity index (χ2n) is 5.01. The highest BCUT2D eigenvalue weighted by atomic mass is 16.5. The fraction of sp³-hybridized carbons (Fsp3) is 0.588. The van der Waals surface area contributed by atoms with Crippen LogP contribution in [0.25, 0.3) is 0 Å². The third kappa shape index (κ3) is 4.28. The number of rotatable bonds is 7. The van der Waals surface area contributed by atoms with Gasteiger partial charge in [-0.1, -0.05) is 0 Å². The molecule has 2 rings (SSSR count). The Morgan fingerprint density at radius 1 is 1.00 bits per heavy atom. The number of hydrogen-bond donors (Lipinski definition) is 0. The summed E-state index contributed by atoms with van der Waals surface area (Å²) in [6.45, 7) is 9.49. The van der Waals surface area contributed by atoms with Crippen LogP contribution >= 0.6 is 0 Å². The average molecular weight is 323 g/mol. The van der Waals surface area contributed by atoms with Crippen LogP contribution in [0.15, 0.2) is 12.1 Å². The molecule has 0 saturated carbocycles. The summed E-state index contributed by atoms with van der Waals surface area (Å²) in [5.74, 6) is 1.59. The Morgan fingerprint density at radius 3 is 2.00 bits per heavy atom. The molecule has 128 valence electrons. The van der Waals surface area contributed by atoms with Gasteiger partial charge in [0, 0.05) is 18.7 Å². The van der Waals surface area contributed by atoms with Gasteiger partial charge in [0.25, 0.3) is 5.91 Å². The standard InChI is InChI=1S/C17H25NO5/c1-4-21-14-11-13(17(19)18-7-9-20-10-8-18)12-15(22-5-2)16(14)23-6-3/h11-12H,4-10H2,1-3H3. The molecule has 0 spiro atoms. The summed E-state index contributed by atoms with van der Waals surface area (Å²) in [5, 5.41) is 0. The number of carbonyl (C=O) groups excluding carboxylic acids is 1. The van der Waals surface area contributed by atoms with Crippen LogP contribution in [0.2, 0.25) is 0 Å². The van der Waals surface area contributed by atoms with Gasteiger partial charge in [0.15, 0.2) is 11.5 Å². The SMILES string of the molecule is CCOc1cc(C(=O)N2CCOCC2)cc(OCC)c1OCC. The van der Waals surface area contributed by atoms with Crippen molar-refractivity contribution in [1.29, 1.82) is 0 Å². The highest BCUT2D eigenvalue weighted by molar-refractivity contribution is 5.95. The van der Waals surface area contributed by atoms with E-state index in [1.165, 1.54) is 0 Å². The lowest BCUT2D eigenvalue weighted by Crippen LogP contribution is -2.40. The Bertz CT molecular complexity index is 499. The Balaban J connectivity index is 2.36. The molecule has 6 heteroatoms. The molecule has 0 bridgehead atoms. The van der Waals surface area contributed by atoms with Gasteiger partial charge in [-0.05, 0) is 32.9 Å². The first-order valence-electron chi connectivity index (χ1n) is 8.14. The maximum absolute atomic E-state index is 12.7. The number of amides is 1. The highest BCUT2D eigenvalue weighted by Gasteiger charge is 2.23. The van der Waals surface area contributed by atoms with E-state index in [2.05, 4.69) is 0 Å². The predicted octanol–water partition coefficient (Wildman–Crippen LogP) is 2.36. The largest absolute Gasteiger partial charge is 0.490 e. The molecule has 0 radical (unpaired) electrons. The lowest BCUT2D eigenvalue weighted by Gasteiger charge is -2.27. The molecule has 1 aromatic carbocycles. The molecule has 0 atom stereocenters. The molecule has 1 heterocycles. The molecule has 23 heavy (non-hydrogen) atoms. The van der Waals surface area contributed by atoms with Gasteiger partial charge in [-0.25, -0.2) is 0 Å². The summed E-state index contributed by atoms with van der Waals surface area (Å²) in [6.07, 6.45) is 0. The first-order chi connectivity index (χ1) is 11.2. The number of nitrogens with zero attached hydrogens (tertiary/aromatic N) is 1. The van der Waals surface area contributed by atoms with Crippen LogP contribution in [0.4, 0.5) is 0 Å². The van der Waals surface area contributed by atoms with Crippen molar-refractivity contribution in [1.82, 2.24) is 4.90 Å². The first kappa shape index (κ1) is 17.4. The van der Waals surface area contributed by atoms with Crippen molar-refractivity contribution in [2.24, 2.45) is 0 Å². The summed E-state index contributed by atoms with van der Waals surface area (Å²) >= 11 is 0. The van der Waals surface area contributed by atoms with E-state index in [4.69, 9.17) is 18.9 Å². The molecular formula is C17H25NO5. The minimum Gasteiger partial charge on any atom is -0.490 e. The average Bonchev–Trinajstić information content (AvgIpc) is 2.58. The molecule has 6 nitrogen and oxygen atoms in total. The van der Waals surface area contributed by atoms with E-state index < -0.39 is 0 Å².